The molecule has 0 atom stereocenters. The number of hydrogen-bond acceptors (Lipinski definition) is 6. The summed E-state index contributed by atoms with van der Waals surface area (Å²) < 4.78 is 7.89. The van der Waals surface area contributed by atoms with Gasteiger partial charge in [-0.3, -0.25) is 4.40 Å². The Morgan fingerprint density at radius 2 is 2.00 bits per heavy atom. The Kier molecular flexibility index (Phi) is 3.64. The summed E-state index contributed by atoms with van der Waals surface area (Å²) in [5, 5.41) is 20.0. The third-order valence-electron chi connectivity index (χ3n) is 3.68. The molecular weight excluding hydrogens is 304 g/mol. The quantitative estimate of drug-likeness (QED) is 0.793. The van der Waals surface area contributed by atoms with Crippen molar-refractivity contribution in [3.63, 3.8) is 0 Å². The summed E-state index contributed by atoms with van der Waals surface area (Å²) in [6, 6.07) is 2.38. The first-order valence-electron chi connectivity index (χ1n) is 6.57. The zero-order valence-electron chi connectivity index (χ0n) is 12.4. The normalized spacial score (nSPS) is 16.7. The largest absolute Gasteiger partial charge is 0.370 e. The number of hydrogen-bond donors (Lipinski definition) is 0. The van der Waals surface area contributed by atoms with Crippen LogP contribution in [0.2, 0.25) is 0 Å². The van der Waals surface area contributed by atoms with E-state index in [1.54, 1.807) is 11.8 Å². The number of thioether (sulfide) groups is 2. The zero-order chi connectivity index (χ0) is 15.2. The van der Waals surface area contributed by atoms with Crippen molar-refractivity contribution in [2.45, 2.75) is 42.7 Å². The van der Waals surface area contributed by atoms with E-state index in [0.29, 0.717) is 6.61 Å². The molecule has 1 aliphatic rings. The lowest BCUT2D eigenvalue weighted by atomic mass is 9.90. The Morgan fingerprint density at radius 3 is 2.62 bits per heavy atom. The molecule has 3 heterocycles. The summed E-state index contributed by atoms with van der Waals surface area (Å²) in [5.41, 5.74) is 3.35. The van der Waals surface area contributed by atoms with Crippen molar-refractivity contribution in [3.05, 3.63) is 16.7 Å². The number of pyridine rings is 1. The molecule has 0 aliphatic carbocycles. The van der Waals surface area contributed by atoms with Crippen molar-refractivity contribution in [3.8, 4) is 6.07 Å². The van der Waals surface area contributed by atoms with Gasteiger partial charge >= 0.3 is 0 Å². The summed E-state index contributed by atoms with van der Waals surface area (Å²) in [4.78, 5) is 0. The molecule has 2 aromatic rings. The third-order valence-corrected chi connectivity index (χ3v) is 5.09. The van der Waals surface area contributed by atoms with Gasteiger partial charge in [-0.1, -0.05) is 11.8 Å². The van der Waals surface area contributed by atoms with Crippen LogP contribution in [0.5, 0.6) is 0 Å². The van der Waals surface area contributed by atoms with Gasteiger partial charge in [-0.25, -0.2) is 0 Å². The van der Waals surface area contributed by atoms with Gasteiger partial charge in [0.1, 0.15) is 11.1 Å². The first-order chi connectivity index (χ1) is 10.0. The first kappa shape index (κ1) is 14.7. The van der Waals surface area contributed by atoms with Gasteiger partial charge in [0.25, 0.3) is 0 Å². The lowest BCUT2D eigenvalue weighted by Crippen LogP contribution is -2.33. The molecule has 0 saturated heterocycles. The van der Waals surface area contributed by atoms with E-state index in [1.807, 2.05) is 16.9 Å². The fourth-order valence-corrected chi connectivity index (χ4v) is 3.98. The summed E-state index contributed by atoms with van der Waals surface area (Å²) in [6.45, 7) is 4.58. The van der Waals surface area contributed by atoms with Gasteiger partial charge in [-0.05, 0) is 31.9 Å². The summed E-state index contributed by atoms with van der Waals surface area (Å²) in [7, 11) is 0. The number of rotatable bonds is 2. The molecule has 0 fully saturated rings. The van der Waals surface area contributed by atoms with Crippen molar-refractivity contribution in [1.29, 1.82) is 5.26 Å². The molecule has 0 aromatic carbocycles. The molecule has 0 spiro atoms. The highest BCUT2D eigenvalue weighted by molar-refractivity contribution is 7.99. The first-order valence-corrected chi connectivity index (χ1v) is 9.02. The predicted molar refractivity (Wildman–Crippen MR) is 83.8 cm³/mol. The molecule has 3 rings (SSSR count). The predicted octanol–water partition coefficient (Wildman–Crippen LogP) is 2.90. The highest BCUT2D eigenvalue weighted by atomic mass is 32.2. The maximum Gasteiger partial charge on any atom is 0.196 e. The summed E-state index contributed by atoms with van der Waals surface area (Å²) in [6.07, 6.45) is 4.67. The van der Waals surface area contributed by atoms with Crippen LogP contribution in [0.15, 0.2) is 10.2 Å². The van der Waals surface area contributed by atoms with Gasteiger partial charge in [0.15, 0.2) is 10.8 Å². The van der Waals surface area contributed by atoms with Gasteiger partial charge in [0.05, 0.1) is 17.8 Å². The SMILES string of the molecule is CSc1nnc2c3c(c(C#N)c(SC)n12)CC(C)(C)OC3. The van der Waals surface area contributed by atoms with E-state index in [0.717, 1.165) is 38.9 Å². The molecule has 1 aliphatic heterocycles. The van der Waals surface area contributed by atoms with Crippen LogP contribution in [0.25, 0.3) is 5.65 Å². The molecule has 2 aromatic heterocycles. The Hall–Kier alpha value is -1.23. The van der Waals surface area contributed by atoms with Gasteiger partial charge in [0.2, 0.25) is 0 Å². The Labute approximate surface area is 132 Å². The van der Waals surface area contributed by atoms with E-state index < -0.39 is 0 Å². The second kappa shape index (κ2) is 5.20. The smallest absolute Gasteiger partial charge is 0.196 e. The molecule has 0 amide bonds. The number of nitrogens with zero attached hydrogens (tertiary/aromatic N) is 4. The molecular formula is C14H16N4OS2. The van der Waals surface area contributed by atoms with Crippen molar-refractivity contribution in [1.82, 2.24) is 14.6 Å². The minimum atomic E-state index is -0.255. The highest BCUT2D eigenvalue weighted by Crippen LogP contribution is 2.37. The second-order valence-corrected chi connectivity index (χ2v) is 7.09. The number of aromatic nitrogens is 3. The minimum absolute atomic E-state index is 0.255. The van der Waals surface area contributed by atoms with Crippen LogP contribution in [-0.4, -0.2) is 32.7 Å². The van der Waals surface area contributed by atoms with Crippen molar-refractivity contribution < 1.29 is 4.74 Å². The van der Waals surface area contributed by atoms with Gasteiger partial charge in [0, 0.05) is 12.0 Å². The monoisotopic (exact) mass is 320 g/mol. The molecule has 5 nitrogen and oxygen atoms in total. The van der Waals surface area contributed by atoms with Gasteiger partial charge in [-0.15, -0.1) is 22.0 Å². The van der Waals surface area contributed by atoms with Crippen LogP contribution in [0.1, 0.15) is 30.5 Å². The maximum atomic E-state index is 9.67. The zero-order valence-corrected chi connectivity index (χ0v) is 14.1. The van der Waals surface area contributed by atoms with Crippen LogP contribution in [0.3, 0.4) is 0 Å². The van der Waals surface area contributed by atoms with E-state index >= 15 is 0 Å². The molecule has 0 saturated carbocycles. The van der Waals surface area contributed by atoms with Crippen LogP contribution >= 0.6 is 23.5 Å². The van der Waals surface area contributed by atoms with E-state index in [2.05, 4.69) is 30.1 Å². The molecule has 21 heavy (non-hydrogen) atoms. The number of ether oxygens (including phenoxy) is 1. The standard InChI is InChI=1S/C14H16N4OS2/c1-14(2)5-8-9(6-15)12(20-3)18-11(10(8)7-19-14)16-17-13(18)21-4/h5,7H2,1-4H3. The van der Waals surface area contributed by atoms with E-state index in [9.17, 15) is 5.26 Å². The topological polar surface area (TPSA) is 63.2 Å². The van der Waals surface area contributed by atoms with E-state index in [-0.39, 0.29) is 5.60 Å². The Bertz CT molecular complexity index is 761. The van der Waals surface area contributed by atoms with Crippen molar-refractivity contribution in [2.75, 3.05) is 12.5 Å². The van der Waals surface area contributed by atoms with Crippen LogP contribution in [0.4, 0.5) is 0 Å². The molecule has 7 heteroatoms. The molecule has 0 bridgehead atoms. The molecule has 0 unspecified atom stereocenters. The fourth-order valence-electron chi connectivity index (χ4n) is 2.71. The molecule has 110 valence electrons. The number of nitriles is 1. The second-order valence-electron chi connectivity index (χ2n) is 5.52. The molecule has 0 radical (unpaired) electrons. The van der Waals surface area contributed by atoms with Crippen LogP contribution < -0.4 is 0 Å². The number of fused-ring (bicyclic) bond motifs is 3. The average molecular weight is 320 g/mol. The fraction of sp³-hybridized carbons (Fsp3) is 0.500. The third kappa shape index (κ3) is 2.22. The average Bonchev–Trinajstić information content (AvgIpc) is 2.88. The maximum absolute atomic E-state index is 9.67. The van der Waals surface area contributed by atoms with Crippen LogP contribution in [0, 0.1) is 11.3 Å². The highest BCUT2D eigenvalue weighted by Gasteiger charge is 2.32. The van der Waals surface area contributed by atoms with E-state index in [1.165, 1.54) is 11.8 Å². The lowest BCUT2D eigenvalue weighted by Gasteiger charge is -2.33. The van der Waals surface area contributed by atoms with E-state index in [4.69, 9.17) is 4.74 Å². The van der Waals surface area contributed by atoms with Crippen molar-refractivity contribution >= 4 is 29.2 Å². The molecule has 0 N–H and O–H groups in total. The van der Waals surface area contributed by atoms with Gasteiger partial charge in [-0.2, -0.15) is 5.26 Å². The summed E-state index contributed by atoms with van der Waals surface area (Å²) in [5.74, 6) is 0. The lowest BCUT2D eigenvalue weighted by molar-refractivity contribution is -0.0398. The summed E-state index contributed by atoms with van der Waals surface area (Å²) >= 11 is 3.09. The Balaban J connectivity index is 2.41. The van der Waals surface area contributed by atoms with Gasteiger partial charge < -0.3 is 4.74 Å². The minimum Gasteiger partial charge on any atom is -0.370 e. The van der Waals surface area contributed by atoms with Crippen LogP contribution in [-0.2, 0) is 17.8 Å². The Morgan fingerprint density at radius 1 is 1.24 bits per heavy atom. The van der Waals surface area contributed by atoms with Crippen molar-refractivity contribution in [2.24, 2.45) is 0 Å².